The molecule has 0 amide bonds. The summed E-state index contributed by atoms with van der Waals surface area (Å²) >= 11 is 0. The van der Waals surface area contributed by atoms with Crippen LogP contribution in [0.15, 0.2) is 12.4 Å². The van der Waals surface area contributed by atoms with Gasteiger partial charge < -0.3 is 5.73 Å². The van der Waals surface area contributed by atoms with Crippen molar-refractivity contribution in [2.45, 2.75) is 12.3 Å². The quantitative estimate of drug-likeness (QED) is 0.668. The first-order chi connectivity index (χ1) is 5.31. The molecule has 3 heteroatoms. The molecule has 60 valence electrons. The molecule has 1 saturated carbocycles. The van der Waals surface area contributed by atoms with Gasteiger partial charge in [-0.2, -0.15) is 5.10 Å². The summed E-state index contributed by atoms with van der Waals surface area (Å²) in [6.45, 7) is 0.819. The van der Waals surface area contributed by atoms with Crippen molar-refractivity contribution >= 4 is 0 Å². The summed E-state index contributed by atoms with van der Waals surface area (Å²) < 4.78 is 1.85. The molecule has 0 bridgehead atoms. The average molecular weight is 151 g/mol. The summed E-state index contributed by atoms with van der Waals surface area (Å²) in [5, 5.41) is 4.12. The number of rotatable bonds is 2. The molecule has 1 aromatic heterocycles. The lowest BCUT2D eigenvalue weighted by molar-refractivity contribution is 0.765. The number of nitrogens with two attached hydrogens (primary N) is 1. The zero-order valence-corrected chi connectivity index (χ0v) is 6.70. The monoisotopic (exact) mass is 151 g/mol. The fourth-order valence-electron chi connectivity index (χ4n) is 1.55. The van der Waals surface area contributed by atoms with Gasteiger partial charge >= 0.3 is 0 Å². The van der Waals surface area contributed by atoms with Crippen LogP contribution in [0.2, 0.25) is 0 Å². The lowest BCUT2D eigenvalue weighted by Gasteiger charge is -1.90. The Hall–Kier alpha value is -0.830. The van der Waals surface area contributed by atoms with E-state index in [1.807, 2.05) is 17.9 Å². The molecule has 0 aromatic carbocycles. The molecular weight excluding hydrogens is 138 g/mol. The zero-order chi connectivity index (χ0) is 7.84. The highest BCUT2D eigenvalue weighted by atomic mass is 15.2. The Balaban J connectivity index is 2.08. The smallest absolute Gasteiger partial charge is 0.0524 e. The van der Waals surface area contributed by atoms with Crippen molar-refractivity contribution in [1.29, 1.82) is 0 Å². The van der Waals surface area contributed by atoms with Gasteiger partial charge in [-0.25, -0.2) is 0 Å². The summed E-state index contributed by atoms with van der Waals surface area (Å²) in [5.74, 6) is 1.42. The van der Waals surface area contributed by atoms with Gasteiger partial charge in [-0.05, 0) is 30.4 Å². The maximum atomic E-state index is 5.54. The maximum absolute atomic E-state index is 5.54. The summed E-state index contributed by atoms with van der Waals surface area (Å²) in [4.78, 5) is 0. The van der Waals surface area contributed by atoms with Gasteiger partial charge in [0.1, 0.15) is 0 Å². The first-order valence-electron chi connectivity index (χ1n) is 4.00. The van der Waals surface area contributed by atoms with Crippen LogP contribution in [0.5, 0.6) is 0 Å². The van der Waals surface area contributed by atoms with E-state index >= 15 is 0 Å². The van der Waals surface area contributed by atoms with Crippen LogP contribution < -0.4 is 5.73 Å². The second-order valence-corrected chi connectivity index (χ2v) is 3.29. The molecule has 3 nitrogen and oxygen atoms in total. The standard InChI is InChI=1S/C8H13N3/c1-11-5-7(4-10-11)8-2-6(8)3-9/h4-6,8H,2-3,9H2,1H3/t6-,8+/m1/s1. The van der Waals surface area contributed by atoms with E-state index in [2.05, 4.69) is 11.3 Å². The normalized spacial score (nSPS) is 28.9. The Morgan fingerprint density at radius 2 is 2.64 bits per heavy atom. The predicted molar refractivity (Wildman–Crippen MR) is 43.1 cm³/mol. The minimum absolute atomic E-state index is 0.702. The molecule has 0 aliphatic heterocycles. The van der Waals surface area contributed by atoms with Crippen LogP contribution >= 0.6 is 0 Å². The average Bonchev–Trinajstić information content (AvgIpc) is 2.68. The van der Waals surface area contributed by atoms with Crippen LogP contribution in [0.25, 0.3) is 0 Å². The van der Waals surface area contributed by atoms with E-state index in [4.69, 9.17) is 5.73 Å². The van der Waals surface area contributed by atoms with Crippen molar-refractivity contribution in [3.63, 3.8) is 0 Å². The Labute approximate surface area is 66.2 Å². The highest BCUT2D eigenvalue weighted by molar-refractivity contribution is 5.20. The van der Waals surface area contributed by atoms with Crippen LogP contribution in [0.1, 0.15) is 17.9 Å². The molecule has 0 unspecified atom stereocenters. The Morgan fingerprint density at radius 1 is 1.82 bits per heavy atom. The van der Waals surface area contributed by atoms with Gasteiger partial charge in [-0.15, -0.1) is 0 Å². The van der Waals surface area contributed by atoms with Gasteiger partial charge in [-0.1, -0.05) is 0 Å². The molecule has 1 aliphatic rings. The minimum atomic E-state index is 0.702. The second kappa shape index (κ2) is 2.34. The fraction of sp³-hybridized carbons (Fsp3) is 0.625. The Kier molecular flexibility index (Phi) is 1.46. The van der Waals surface area contributed by atoms with Gasteiger partial charge in [0.05, 0.1) is 6.20 Å². The first-order valence-corrected chi connectivity index (χ1v) is 4.00. The fourth-order valence-corrected chi connectivity index (χ4v) is 1.55. The van der Waals surface area contributed by atoms with E-state index in [0.29, 0.717) is 5.92 Å². The zero-order valence-electron chi connectivity index (χ0n) is 6.70. The van der Waals surface area contributed by atoms with Gasteiger partial charge in [-0.3, -0.25) is 4.68 Å². The Morgan fingerprint density at radius 3 is 3.09 bits per heavy atom. The molecule has 1 heterocycles. The third-order valence-corrected chi connectivity index (χ3v) is 2.38. The van der Waals surface area contributed by atoms with Gasteiger partial charge in [0.15, 0.2) is 0 Å². The highest BCUT2D eigenvalue weighted by Gasteiger charge is 2.37. The number of aromatic nitrogens is 2. The lowest BCUT2D eigenvalue weighted by Crippen LogP contribution is -2.01. The number of nitrogens with zero attached hydrogens (tertiary/aromatic N) is 2. The van der Waals surface area contributed by atoms with Crippen molar-refractivity contribution < 1.29 is 0 Å². The summed E-state index contributed by atoms with van der Waals surface area (Å²) in [7, 11) is 1.95. The van der Waals surface area contributed by atoms with Gasteiger partial charge in [0, 0.05) is 13.2 Å². The van der Waals surface area contributed by atoms with Crippen LogP contribution in [0.4, 0.5) is 0 Å². The molecular formula is C8H13N3. The first kappa shape index (κ1) is 6.85. The second-order valence-electron chi connectivity index (χ2n) is 3.29. The molecule has 0 saturated heterocycles. The van der Waals surface area contributed by atoms with Crippen molar-refractivity contribution in [2.75, 3.05) is 6.54 Å². The van der Waals surface area contributed by atoms with E-state index in [0.717, 1.165) is 12.5 Å². The number of aryl methyl sites for hydroxylation is 1. The SMILES string of the molecule is Cn1cc([C@H]2C[C@@H]2CN)cn1. The van der Waals surface area contributed by atoms with E-state index in [1.54, 1.807) is 0 Å². The molecule has 0 radical (unpaired) electrons. The van der Waals surface area contributed by atoms with E-state index < -0.39 is 0 Å². The van der Waals surface area contributed by atoms with Crippen LogP contribution in [-0.2, 0) is 7.05 Å². The highest BCUT2D eigenvalue weighted by Crippen LogP contribution is 2.46. The van der Waals surface area contributed by atoms with Crippen molar-refractivity contribution in [1.82, 2.24) is 9.78 Å². The third-order valence-electron chi connectivity index (χ3n) is 2.38. The van der Waals surface area contributed by atoms with Crippen LogP contribution in [0.3, 0.4) is 0 Å². The van der Waals surface area contributed by atoms with Crippen molar-refractivity contribution in [2.24, 2.45) is 18.7 Å². The molecule has 1 fully saturated rings. The number of hydrogen-bond acceptors (Lipinski definition) is 2. The molecule has 2 rings (SSSR count). The van der Waals surface area contributed by atoms with Gasteiger partial charge in [0.25, 0.3) is 0 Å². The summed E-state index contributed by atoms with van der Waals surface area (Å²) in [5.41, 5.74) is 6.89. The molecule has 1 aliphatic carbocycles. The molecule has 1 aromatic rings. The molecule has 2 atom stereocenters. The predicted octanol–water partition coefficient (Wildman–Crippen LogP) is 0.482. The minimum Gasteiger partial charge on any atom is -0.330 e. The van der Waals surface area contributed by atoms with Crippen LogP contribution in [-0.4, -0.2) is 16.3 Å². The Bertz CT molecular complexity index is 254. The maximum Gasteiger partial charge on any atom is 0.0524 e. The van der Waals surface area contributed by atoms with Crippen LogP contribution in [0, 0.1) is 5.92 Å². The largest absolute Gasteiger partial charge is 0.330 e. The molecule has 11 heavy (non-hydrogen) atoms. The van der Waals surface area contributed by atoms with E-state index in [1.165, 1.54) is 12.0 Å². The van der Waals surface area contributed by atoms with E-state index in [9.17, 15) is 0 Å². The molecule has 2 N–H and O–H groups in total. The van der Waals surface area contributed by atoms with Crippen molar-refractivity contribution in [3.05, 3.63) is 18.0 Å². The summed E-state index contributed by atoms with van der Waals surface area (Å²) in [6, 6.07) is 0. The van der Waals surface area contributed by atoms with Gasteiger partial charge in [0.2, 0.25) is 0 Å². The van der Waals surface area contributed by atoms with E-state index in [-0.39, 0.29) is 0 Å². The topological polar surface area (TPSA) is 43.8 Å². The third kappa shape index (κ3) is 1.16. The van der Waals surface area contributed by atoms with Crippen molar-refractivity contribution in [3.8, 4) is 0 Å². The number of hydrogen-bond donors (Lipinski definition) is 1. The summed E-state index contributed by atoms with van der Waals surface area (Å²) in [6.07, 6.45) is 5.28. The lowest BCUT2D eigenvalue weighted by atomic mass is 10.2. The molecule has 0 spiro atoms.